The van der Waals surface area contributed by atoms with Gasteiger partial charge in [0.2, 0.25) is 0 Å². The van der Waals surface area contributed by atoms with Gasteiger partial charge in [0.25, 0.3) is 0 Å². The first kappa shape index (κ1) is 15.3. The van der Waals surface area contributed by atoms with Crippen LogP contribution in [0.3, 0.4) is 0 Å². The number of rotatable bonds is 8. The van der Waals surface area contributed by atoms with Gasteiger partial charge in [-0.2, -0.15) is 0 Å². The van der Waals surface area contributed by atoms with Crippen LogP contribution in [-0.4, -0.2) is 23.4 Å². The maximum absolute atomic E-state index is 13.4. The van der Waals surface area contributed by atoms with E-state index in [1.54, 1.807) is 6.07 Å². The molecule has 112 valence electrons. The molecule has 2 rings (SSSR count). The van der Waals surface area contributed by atoms with E-state index < -0.39 is 5.60 Å². The van der Waals surface area contributed by atoms with Crippen LogP contribution in [0.5, 0.6) is 5.75 Å². The van der Waals surface area contributed by atoms with Crippen molar-refractivity contribution in [2.75, 3.05) is 6.61 Å². The maximum atomic E-state index is 13.4. The zero-order valence-corrected chi connectivity index (χ0v) is 12.3. The average Bonchev–Trinajstić information content (AvgIpc) is 3.28. The first-order chi connectivity index (χ1) is 9.56. The van der Waals surface area contributed by atoms with Crippen molar-refractivity contribution in [3.63, 3.8) is 0 Å². The van der Waals surface area contributed by atoms with Gasteiger partial charge in [-0.3, -0.25) is 0 Å². The van der Waals surface area contributed by atoms with Gasteiger partial charge in [0.15, 0.2) is 0 Å². The zero-order valence-electron chi connectivity index (χ0n) is 12.3. The minimum atomic E-state index is -0.810. The van der Waals surface area contributed by atoms with E-state index in [-0.39, 0.29) is 12.4 Å². The number of hydrogen-bond acceptors (Lipinski definition) is 3. The van der Waals surface area contributed by atoms with E-state index in [9.17, 15) is 9.50 Å². The molecule has 0 aliphatic heterocycles. The van der Waals surface area contributed by atoms with Gasteiger partial charge in [0.05, 0.1) is 5.60 Å². The summed E-state index contributed by atoms with van der Waals surface area (Å²) in [5.41, 5.74) is 0.00159. The maximum Gasteiger partial charge on any atom is 0.124 e. The molecule has 0 saturated heterocycles. The van der Waals surface area contributed by atoms with Crippen LogP contribution in [-0.2, 0) is 6.54 Å². The molecule has 0 amide bonds. The van der Waals surface area contributed by atoms with Crippen molar-refractivity contribution >= 4 is 0 Å². The van der Waals surface area contributed by atoms with Crippen LogP contribution in [0.15, 0.2) is 18.2 Å². The van der Waals surface area contributed by atoms with Crippen LogP contribution in [0.4, 0.5) is 4.39 Å². The zero-order chi connectivity index (χ0) is 14.6. The fourth-order valence-corrected chi connectivity index (χ4v) is 2.03. The Balaban J connectivity index is 2.01. The van der Waals surface area contributed by atoms with Crippen molar-refractivity contribution in [1.29, 1.82) is 0 Å². The van der Waals surface area contributed by atoms with E-state index in [2.05, 4.69) is 5.32 Å². The van der Waals surface area contributed by atoms with Gasteiger partial charge in [-0.1, -0.05) is 13.8 Å². The van der Waals surface area contributed by atoms with E-state index in [1.807, 2.05) is 13.8 Å². The first-order valence-electron chi connectivity index (χ1n) is 7.43. The number of ether oxygens (including phenoxy) is 1. The average molecular weight is 281 g/mol. The van der Waals surface area contributed by atoms with Gasteiger partial charge in [-0.15, -0.1) is 0 Å². The van der Waals surface area contributed by atoms with E-state index in [4.69, 9.17) is 4.74 Å². The monoisotopic (exact) mass is 281 g/mol. The molecule has 1 aromatic carbocycles. The highest BCUT2D eigenvalue weighted by Crippen LogP contribution is 2.25. The number of benzene rings is 1. The number of aliphatic hydroxyl groups is 1. The van der Waals surface area contributed by atoms with Crippen LogP contribution in [0.2, 0.25) is 0 Å². The normalized spacial score (nSPS) is 15.4. The van der Waals surface area contributed by atoms with Crippen LogP contribution in [0.25, 0.3) is 0 Å². The second-order valence-corrected chi connectivity index (χ2v) is 5.63. The molecule has 0 heterocycles. The summed E-state index contributed by atoms with van der Waals surface area (Å²) in [5.74, 6) is 0.395. The quantitative estimate of drug-likeness (QED) is 0.769. The number of nitrogens with one attached hydrogen (secondary N) is 1. The lowest BCUT2D eigenvalue weighted by Gasteiger charge is -2.25. The predicted octanol–water partition coefficient (Wildman–Crippen LogP) is 3.01. The van der Waals surface area contributed by atoms with E-state index in [0.717, 1.165) is 5.56 Å². The molecule has 1 aliphatic rings. The number of hydrogen-bond donors (Lipinski definition) is 2. The Bertz CT molecular complexity index is 442. The summed E-state index contributed by atoms with van der Waals surface area (Å²) in [7, 11) is 0. The van der Waals surface area contributed by atoms with Crippen LogP contribution >= 0.6 is 0 Å². The Labute approximate surface area is 120 Å². The van der Waals surface area contributed by atoms with Crippen LogP contribution in [0, 0.1) is 5.82 Å². The van der Waals surface area contributed by atoms with Crippen molar-refractivity contribution in [1.82, 2.24) is 5.32 Å². The third-order valence-corrected chi connectivity index (χ3v) is 3.99. The van der Waals surface area contributed by atoms with Gasteiger partial charge in [-0.05, 0) is 43.9 Å². The van der Waals surface area contributed by atoms with Crippen molar-refractivity contribution in [2.45, 2.75) is 57.7 Å². The minimum Gasteiger partial charge on any atom is -0.490 e. The topological polar surface area (TPSA) is 41.5 Å². The van der Waals surface area contributed by atoms with Crippen molar-refractivity contribution in [3.05, 3.63) is 29.6 Å². The van der Waals surface area contributed by atoms with Crippen molar-refractivity contribution in [2.24, 2.45) is 0 Å². The molecule has 20 heavy (non-hydrogen) atoms. The lowest BCUT2D eigenvalue weighted by atomic mass is 9.99. The second-order valence-electron chi connectivity index (χ2n) is 5.63. The fourth-order valence-electron chi connectivity index (χ4n) is 2.03. The second kappa shape index (κ2) is 6.55. The molecule has 0 unspecified atom stereocenters. The fraction of sp³-hybridized carbons (Fsp3) is 0.625. The molecule has 2 N–H and O–H groups in total. The summed E-state index contributed by atoms with van der Waals surface area (Å²) < 4.78 is 19.1. The smallest absolute Gasteiger partial charge is 0.124 e. The summed E-state index contributed by atoms with van der Waals surface area (Å²) in [6, 6.07) is 5.11. The van der Waals surface area contributed by atoms with Gasteiger partial charge >= 0.3 is 0 Å². The highest BCUT2D eigenvalue weighted by molar-refractivity contribution is 5.34. The summed E-state index contributed by atoms with van der Waals surface area (Å²) in [6.07, 6.45) is 3.66. The largest absolute Gasteiger partial charge is 0.490 e. The molecule has 1 fully saturated rings. The first-order valence-corrected chi connectivity index (χ1v) is 7.43. The minimum absolute atomic E-state index is 0.238. The summed E-state index contributed by atoms with van der Waals surface area (Å²) in [5, 5.41) is 13.6. The molecule has 1 aromatic rings. The molecule has 3 nitrogen and oxygen atoms in total. The van der Waals surface area contributed by atoms with Gasteiger partial charge in [-0.25, -0.2) is 4.39 Å². The molecule has 0 spiro atoms. The Morgan fingerprint density at radius 2 is 2.05 bits per heavy atom. The summed E-state index contributed by atoms with van der Waals surface area (Å²) >= 11 is 0. The Hall–Kier alpha value is -1.13. The lowest BCUT2D eigenvalue weighted by Crippen LogP contribution is -2.34. The molecule has 0 atom stereocenters. The van der Waals surface area contributed by atoms with Crippen LogP contribution < -0.4 is 10.1 Å². The SMILES string of the molecule is CCC(O)(CC)COc1ccc(F)cc1CNC1CC1. The van der Waals surface area contributed by atoms with Crippen molar-refractivity contribution in [3.8, 4) is 5.75 Å². The molecule has 0 radical (unpaired) electrons. The molecular weight excluding hydrogens is 257 g/mol. The third-order valence-electron chi connectivity index (χ3n) is 3.99. The van der Waals surface area contributed by atoms with E-state index in [0.29, 0.717) is 31.2 Å². The molecule has 1 saturated carbocycles. The molecule has 0 aromatic heterocycles. The van der Waals surface area contributed by atoms with E-state index >= 15 is 0 Å². The van der Waals surface area contributed by atoms with Gasteiger partial charge in [0, 0.05) is 18.2 Å². The summed E-state index contributed by atoms with van der Waals surface area (Å²) in [4.78, 5) is 0. The third kappa shape index (κ3) is 4.18. The van der Waals surface area contributed by atoms with Gasteiger partial charge < -0.3 is 15.2 Å². The Morgan fingerprint density at radius 3 is 2.65 bits per heavy atom. The highest BCUT2D eigenvalue weighted by atomic mass is 19.1. The number of halogens is 1. The van der Waals surface area contributed by atoms with Crippen molar-refractivity contribution < 1.29 is 14.2 Å². The standard InChI is InChI=1S/C16H24FNO2/c1-3-16(19,4-2)11-20-15-8-5-13(17)9-12(15)10-18-14-6-7-14/h5,8-9,14,18-19H,3-4,6-7,10-11H2,1-2H3. The van der Waals surface area contributed by atoms with Gasteiger partial charge in [0.1, 0.15) is 18.2 Å². The predicted molar refractivity (Wildman–Crippen MR) is 77.3 cm³/mol. The Morgan fingerprint density at radius 1 is 1.35 bits per heavy atom. The summed E-state index contributed by atoms with van der Waals surface area (Å²) in [6.45, 7) is 4.72. The van der Waals surface area contributed by atoms with E-state index in [1.165, 1.54) is 25.0 Å². The molecule has 1 aliphatic carbocycles. The Kier molecular flexibility index (Phi) is 5.00. The molecule has 0 bridgehead atoms. The highest BCUT2D eigenvalue weighted by Gasteiger charge is 2.24. The molecule has 4 heteroatoms. The van der Waals surface area contributed by atoms with Crippen LogP contribution in [0.1, 0.15) is 45.1 Å². The lowest BCUT2D eigenvalue weighted by molar-refractivity contribution is -0.0116. The molecular formula is C16H24FNO2.